The number of hydrogen-bond acceptors (Lipinski definition) is 2. The van der Waals surface area contributed by atoms with Gasteiger partial charge in [0.15, 0.2) is 0 Å². The van der Waals surface area contributed by atoms with Gasteiger partial charge in [0.2, 0.25) is 5.91 Å². The number of nitrogens with one attached hydrogen (secondary N) is 1. The Kier molecular flexibility index (Phi) is 7.07. The summed E-state index contributed by atoms with van der Waals surface area (Å²) in [5, 5.41) is 2.40. The van der Waals surface area contributed by atoms with Crippen molar-refractivity contribution in [2.75, 3.05) is 13.2 Å². The van der Waals surface area contributed by atoms with Crippen LogP contribution < -0.4 is 5.32 Å². The summed E-state index contributed by atoms with van der Waals surface area (Å²) in [5.41, 5.74) is -0.625. The van der Waals surface area contributed by atoms with Gasteiger partial charge in [-0.2, -0.15) is 26.3 Å². The highest BCUT2D eigenvalue weighted by atomic mass is 19.4. The fourth-order valence-corrected chi connectivity index (χ4v) is 2.04. The first-order chi connectivity index (χ1) is 11.0. The first-order valence-electron chi connectivity index (χ1n) is 7.14. The monoisotopic (exact) mass is 357 g/mol. The van der Waals surface area contributed by atoms with Crippen LogP contribution in [0.1, 0.15) is 36.9 Å². The lowest BCUT2D eigenvalue weighted by Gasteiger charge is -2.20. The zero-order chi connectivity index (χ0) is 18.4. The van der Waals surface area contributed by atoms with Crippen molar-refractivity contribution in [1.29, 1.82) is 0 Å². The van der Waals surface area contributed by atoms with Gasteiger partial charge in [0.05, 0.1) is 11.6 Å². The number of alkyl halides is 6. The molecule has 3 nitrogen and oxygen atoms in total. The summed E-state index contributed by atoms with van der Waals surface area (Å²) in [5.74, 6) is -0.824. The summed E-state index contributed by atoms with van der Waals surface area (Å²) in [7, 11) is 0. The van der Waals surface area contributed by atoms with Gasteiger partial charge < -0.3 is 10.1 Å². The number of halogens is 6. The number of amides is 1. The lowest BCUT2D eigenvalue weighted by atomic mass is 10.00. The first-order valence-corrected chi connectivity index (χ1v) is 7.14. The lowest BCUT2D eigenvalue weighted by molar-refractivity contribution is -0.175. The number of ether oxygens (including phenoxy) is 1. The maximum Gasteiger partial charge on any atom is 0.416 e. The average Bonchev–Trinajstić information content (AvgIpc) is 2.44. The van der Waals surface area contributed by atoms with Crippen LogP contribution in [0.4, 0.5) is 26.3 Å². The molecule has 0 saturated heterocycles. The molecule has 1 aromatic carbocycles. The van der Waals surface area contributed by atoms with E-state index in [0.717, 1.165) is 12.1 Å². The summed E-state index contributed by atoms with van der Waals surface area (Å²) in [4.78, 5) is 11.6. The molecular formula is C15H17F6NO2. The van der Waals surface area contributed by atoms with E-state index >= 15 is 0 Å². The molecule has 0 aliphatic carbocycles. The van der Waals surface area contributed by atoms with Crippen molar-refractivity contribution >= 4 is 5.91 Å². The second-order valence-corrected chi connectivity index (χ2v) is 5.14. The van der Waals surface area contributed by atoms with Crippen LogP contribution in [0.3, 0.4) is 0 Å². The van der Waals surface area contributed by atoms with Gasteiger partial charge in [0.1, 0.15) is 13.2 Å². The van der Waals surface area contributed by atoms with Gasteiger partial charge in [0.25, 0.3) is 0 Å². The normalized spacial score (nSPS) is 13.6. The number of hydrogen-bond donors (Lipinski definition) is 1. The van der Waals surface area contributed by atoms with Crippen LogP contribution in [-0.4, -0.2) is 25.3 Å². The van der Waals surface area contributed by atoms with E-state index in [1.54, 1.807) is 6.92 Å². The highest BCUT2D eigenvalue weighted by Crippen LogP contribution is 2.31. The Bertz CT molecular complexity index is 542. The predicted octanol–water partition coefficient (Wildman–Crippen LogP) is 4.24. The molecule has 0 spiro atoms. The molecule has 1 atom stereocenters. The van der Waals surface area contributed by atoms with Gasteiger partial charge in [0, 0.05) is 0 Å². The topological polar surface area (TPSA) is 38.3 Å². The largest absolute Gasteiger partial charge is 0.416 e. The number of rotatable bonds is 7. The first kappa shape index (κ1) is 20.3. The minimum absolute atomic E-state index is 0.232. The van der Waals surface area contributed by atoms with Crippen molar-refractivity contribution in [2.45, 2.75) is 38.2 Å². The molecule has 0 bridgehead atoms. The maximum absolute atomic E-state index is 12.7. The van der Waals surface area contributed by atoms with Crippen LogP contribution in [0.25, 0.3) is 0 Å². The van der Waals surface area contributed by atoms with E-state index < -0.39 is 43.1 Å². The van der Waals surface area contributed by atoms with Gasteiger partial charge in [-0.05, 0) is 24.1 Å². The van der Waals surface area contributed by atoms with E-state index in [4.69, 9.17) is 0 Å². The van der Waals surface area contributed by atoms with Crippen molar-refractivity contribution < 1.29 is 35.9 Å². The van der Waals surface area contributed by atoms with Crippen LogP contribution in [0.5, 0.6) is 0 Å². The van der Waals surface area contributed by atoms with E-state index in [0.29, 0.717) is 12.8 Å². The van der Waals surface area contributed by atoms with E-state index in [-0.39, 0.29) is 5.56 Å². The van der Waals surface area contributed by atoms with E-state index in [1.165, 1.54) is 12.1 Å². The summed E-state index contributed by atoms with van der Waals surface area (Å²) in [6.45, 7) is -0.617. The summed E-state index contributed by atoms with van der Waals surface area (Å²) < 4.78 is 78.3. The minimum atomic E-state index is -4.55. The number of carbonyl (C=O) groups is 1. The molecule has 1 unspecified atom stereocenters. The molecule has 0 aromatic heterocycles. The van der Waals surface area contributed by atoms with Gasteiger partial charge in [-0.15, -0.1) is 0 Å². The third-order valence-corrected chi connectivity index (χ3v) is 3.03. The molecule has 1 N–H and O–H groups in total. The SMILES string of the molecule is CCCC(NC(=O)COCC(F)(F)F)c1cccc(C(F)(F)F)c1. The average molecular weight is 357 g/mol. The zero-order valence-electron chi connectivity index (χ0n) is 12.8. The Labute approximate surface area is 135 Å². The van der Waals surface area contributed by atoms with E-state index in [2.05, 4.69) is 10.1 Å². The van der Waals surface area contributed by atoms with Gasteiger partial charge in [-0.1, -0.05) is 25.5 Å². The second-order valence-electron chi connectivity index (χ2n) is 5.14. The summed E-state index contributed by atoms with van der Waals surface area (Å²) in [6.07, 6.45) is -8.17. The third-order valence-electron chi connectivity index (χ3n) is 3.03. The molecule has 24 heavy (non-hydrogen) atoms. The molecule has 0 heterocycles. The fourth-order valence-electron chi connectivity index (χ4n) is 2.04. The van der Waals surface area contributed by atoms with Crippen molar-refractivity contribution in [1.82, 2.24) is 5.32 Å². The van der Waals surface area contributed by atoms with Crippen LogP contribution in [0, 0.1) is 0 Å². The predicted molar refractivity (Wildman–Crippen MR) is 74.1 cm³/mol. The second kappa shape index (κ2) is 8.36. The van der Waals surface area contributed by atoms with Crippen molar-refractivity contribution in [3.8, 4) is 0 Å². The van der Waals surface area contributed by atoms with Crippen LogP contribution in [0.15, 0.2) is 24.3 Å². The van der Waals surface area contributed by atoms with Crippen LogP contribution >= 0.6 is 0 Å². The van der Waals surface area contributed by atoms with Crippen LogP contribution in [-0.2, 0) is 15.7 Å². The highest BCUT2D eigenvalue weighted by molar-refractivity contribution is 5.77. The molecule has 1 rings (SSSR count). The van der Waals surface area contributed by atoms with E-state index in [1.807, 2.05) is 0 Å². The maximum atomic E-state index is 12.7. The fraction of sp³-hybridized carbons (Fsp3) is 0.533. The molecule has 9 heteroatoms. The molecule has 136 valence electrons. The number of benzene rings is 1. The van der Waals surface area contributed by atoms with Gasteiger partial charge in [-0.3, -0.25) is 4.79 Å². The third kappa shape index (κ3) is 7.20. The summed E-state index contributed by atoms with van der Waals surface area (Å²) in [6, 6.07) is 3.72. The molecule has 0 aliphatic heterocycles. The van der Waals surface area contributed by atoms with Crippen molar-refractivity contribution in [3.63, 3.8) is 0 Å². The van der Waals surface area contributed by atoms with E-state index in [9.17, 15) is 31.1 Å². The Hall–Kier alpha value is -1.77. The van der Waals surface area contributed by atoms with Crippen molar-refractivity contribution in [3.05, 3.63) is 35.4 Å². The minimum Gasteiger partial charge on any atom is -0.362 e. The Morgan fingerprint density at radius 1 is 1.21 bits per heavy atom. The smallest absolute Gasteiger partial charge is 0.362 e. The highest BCUT2D eigenvalue weighted by Gasteiger charge is 2.31. The number of carbonyl (C=O) groups excluding carboxylic acids is 1. The Morgan fingerprint density at radius 3 is 2.42 bits per heavy atom. The molecular weight excluding hydrogens is 340 g/mol. The Balaban J connectivity index is 2.75. The van der Waals surface area contributed by atoms with Crippen molar-refractivity contribution in [2.24, 2.45) is 0 Å². The quantitative estimate of drug-likeness (QED) is 0.742. The molecule has 1 amide bonds. The zero-order valence-corrected chi connectivity index (χ0v) is 12.8. The molecule has 0 saturated carbocycles. The lowest BCUT2D eigenvalue weighted by Crippen LogP contribution is -2.33. The van der Waals surface area contributed by atoms with Gasteiger partial charge >= 0.3 is 12.4 Å². The van der Waals surface area contributed by atoms with Gasteiger partial charge in [-0.25, -0.2) is 0 Å². The molecule has 0 radical (unpaired) electrons. The standard InChI is InChI=1S/C15H17F6NO2/c1-2-4-12(22-13(23)8-24-9-14(16,17)18)10-5-3-6-11(7-10)15(19,20)21/h3,5-7,12H,2,4,8-9H2,1H3,(H,22,23). The molecule has 0 fully saturated rings. The molecule has 0 aliphatic rings. The molecule has 1 aromatic rings. The Morgan fingerprint density at radius 2 is 1.88 bits per heavy atom. The summed E-state index contributed by atoms with van der Waals surface area (Å²) >= 11 is 0. The van der Waals surface area contributed by atoms with Crippen LogP contribution in [0.2, 0.25) is 0 Å².